The summed E-state index contributed by atoms with van der Waals surface area (Å²) in [5.74, 6) is 0.877. The number of anilines is 1. The molecular weight excluding hydrogens is 236 g/mol. The zero-order chi connectivity index (χ0) is 13.1. The Kier molecular flexibility index (Phi) is 3.74. The first kappa shape index (κ1) is 12.5. The van der Waals surface area contributed by atoms with Crippen LogP contribution in [0.3, 0.4) is 0 Å². The molecule has 0 radical (unpaired) electrons. The number of nitrogens with zero attached hydrogens (tertiary/aromatic N) is 1. The number of hydrogen-bond donors (Lipinski definition) is 1. The Morgan fingerprint density at radius 2 is 2.05 bits per heavy atom. The Hall–Kier alpha value is -1.48. The summed E-state index contributed by atoms with van der Waals surface area (Å²) in [7, 11) is 2.17. The Labute approximate surface area is 114 Å². The van der Waals surface area contributed by atoms with Crippen LogP contribution >= 0.6 is 0 Å². The first-order chi connectivity index (χ1) is 9.34. The predicted molar refractivity (Wildman–Crippen MR) is 79.7 cm³/mol. The van der Waals surface area contributed by atoms with Crippen molar-refractivity contribution >= 4 is 16.7 Å². The van der Waals surface area contributed by atoms with Gasteiger partial charge >= 0.3 is 0 Å². The molecule has 1 N–H and O–H groups in total. The summed E-state index contributed by atoms with van der Waals surface area (Å²) < 4.78 is 5.61. The number of benzene rings is 1. The number of furan rings is 1. The third kappa shape index (κ3) is 2.76. The van der Waals surface area contributed by atoms with Gasteiger partial charge in [0, 0.05) is 19.0 Å². The molecule has 0 spiro atoms. The van der Waals surface area contributed by atoms with Crippen molar-refractivity contribution in [1.82, 2.24) is 5.32 Å². The smallest absolute Gasteiger partial charge is 0.136 e. The van der Waals surface area contributed by atoms with Crippen LogP contribution in [-0.2, 0) is 0 Å². The number of para-hydroxylation sites is 1. The highest BCUT2D eigenvalue weighted by Crippen LogP contribution is 2.28. The van der Waals surface area contributed by atoms with E-state index in [1.165, 1.54) is 43.4 Å². The molecule has 0 aliphatic carbocycles. The van der Waals surface area contributed by atoms with E-state index in [2.05, 4.69) is 29.4 Å². The van der Waals surface area contributed by atoms with Crippen LogP contribution in [0.15, 0.2) is 34.9 Å². The summed E-state index contributed by atoms with van der Waals surface area (Å²) >= 11 is 0. The third-order valence-electron chi connectivity index (χ3n) is 4.20. The van der Waals surface area contributed by atoms with E-state index in [1.807, 2.05) is 18.4 Å². The van der Waals surface area contributed by atoms with Gasteiger partial charge in [-0.3, -0.25) is 0 Å². The molecule has 3 heteroatoms. The molecule has 2 heterocycles. The molecule has 0 amide bonds. The van der Waals surface area contributed by atoms with Crippen molar-refractivity contribution in [3.8, 4) is 0 Å². The van der Waals surface area contributed by atoms with Gasteiger partial charge in [0.25, 0.3) is 0 Å². The van der Waals surface area contributed by atoms with E-state index >= 15 is 0 Å². The van der Waals surface area contributed by atoms with E-state index in [4.69, 9.17) is 4.42 Å². The maximum Gasteiger partial charge on any atom is 0.136 e. The number of fused-ring (bicyclic) bond motifs is 1. The summed E-state index contributed by atoms with van der Waals surface area (Å²) in [6, 6.07) is 8.25. The van der Waals surface area contributed by atoms with Gasteiger partial charge in [0.2, 0.25) is 0 Å². The van der Waals surface area contributed by atoms with E-state index < -0.39 is 0 Å². The standard InChI is InChI=1S/C16H22N2O/c1-18(11-8-13-6-9-17-10-7-13)15-12-19-16-5-3-2-4-14(15)16/h2-5,12-13,17H,6-11H2,1H3. The zero-order valence-electron chi connectivity index (χ0n) is 11.6. The van der Waals surface area contributed by atoms with Gasteiger partial charge in [0.05, 0.1) is 5.69 Å². The quantitative estimate of drug-likeness (QED) is 0.912. The van der Waals surface area contributed by atoms with Crippen molar-refractivity contribution in [1.29, 1.82) is 0 Å². The van der Waals surface area contributed by atoms with Crippen molar-refractivity contribution < 1.29 is 4.42 Å². The van der Waals surface area contributed by atoms with Crippen LogP contribution in [0.25, 0.3) is 11.0 Å². The molecule has 0 saturated carbocycles. The third-order valence-corrected chi connectivity index (χ3v) is 4.20. The Bertz CT molecular complexity index is 528. The Balaban J connectivity index is 1.64. The lowest BCUT2D eigenvalue weighted by Crippen LogP contribution is -2.30. The second kappa shape index (κ2) is 5.66. The van der Waals surface area contributed by atoms with Gasteiger partial charge < -0.3 is 14.6 Å². The van der Waals surface area contributed by atoms with Crippen LogP contribution in [-0.4, -0.2) is 26.7 Å². The lowest BCUT2D eigenvalue weighted by molar-refractivity contribution is 0.356. The largest absolute Gasteiger partial charge is 0.462 e. The summed E-state index contributed by atoms with van der Waals surface area (Å²) in [4.78, 5) is 2.33. The molecule has 1 aliphatic heterocycles. The van der Waals surface area contributed by atoms with Crippen LogP contribution in [0.2, 0.25) is 0 Å². The normalized spacial score (nSPS) is 16.9. The molecule has 1 aromatic heterocycles. The molecular formula is C16H22N2O. The maximum absolute atomic E-state index is 5.61. The van der Waals surface area contributed by atoms with Gasteiger partial charge in [-0.05, 0) is 50.4 Å². The topological polar surface area (TPSA) is 28.4 Å². The monoisotopic (exact) mass is 258 g/mol. The van der Waals surface area contributed by atoms with Crippen LogP contribution in [0, 0.1) is 5.92 Å². The van der Waals surface area contributed by atoms with Crippen molar-refractivity contribution in [3.63, 3.8) is 0 Å². The lowest BCUT2D eigenvalue weighted by Gasteiger charge is -2.25. The average molecular weight is 258 g/mol. The van der Waals surface area contributed by atoms with E-state index in [0.29, 0.717) is 0 Å². The van der Waals surface area contributed by atoms with Crippen LogP contribution in [0.4, 0.5) is 5.69 Å². The van der Waals surface area contributed by atoms with Gasteiger partial charge in [-0.15, -0.1) is 0 Å². The molecule has 1 aromatic carbocycles. The first-order valence-electron chi connectivity index (χ1n) is 7.22. The van der Waals surface area contributed by atoms with Gasteiger partial charge in [-0.2, -0.15) is 0 Å². The molecule has 0 atom stereocenters. The number of hydrogen-bond acceptors (Lipinski definition) is 3. The lowest BCUT2D eigenvalue weighted by atomic mass is 9.94. The van der Waals surface area contributed by atoms with Gasteiger partial charge in [-0.1, -0.05) is 12.1 Å². The van der Waals surface area contributed by atoms with Crippen LogP contribution < -0.4 is 10.2 Å². The Morgan fingerprint density at radius 3 is 2.89 bits per heavy atom. The molecule has 1 saturated heterocycles. The van der Waals surface area contributed by atoms with E-state index in [9.17, 15) is 0 Å². The fraction of sp³-hybridized carbons (Fsp3) is 0.500. The molecule has 19 heavy (non-hydrogen) atoms. The predicted octanol–water partition coefficient (Wildman–Crippen LogP) is 3.26. The SMILES string of the molecule is CN(CCC1CCNCC1)c1coc2ccccc12. The fourth-order valence-corrected chi connectivity index (χ4v) is 2.93. The second-order valence-corrected chi connectivity index (χ2v) is 5.52. The second-order valence-electron chi connectivity index (χ2n) is 5.52. The summed E-state index contributed by atoms with van der Waals surface area (Å²) in [5.41, 5.74) is 2.19. The van der Waals surface area contributed by atoms with Crippen molar-refractivity contribution in [2.75, 3.05) is 31.6 Å². The first-order valence-corrected chi connectivity index (χ1v) is 7.22. The highest BCUT2D eigenvalue weighted by Gasteiger charge is 2.15. The van der Waals surface area contributed by atoms with Crippen LogP contribution in [0.1, 0.15) is 19.3 Å². The minimum absolute atomic E-state index is 0.877. The number of rotatable bonds is 4. The van der Waals surface area contributed by atoms with Crippen molar-refractivity contribution in [3.05, 3.63) is 30.5 Å². The molecule has 3 rings (SSSR count). The minimum Gasteiger partial charge on any atom is -0.462 e. The molecule has 1 aliphatic rings. The molecule has 1 fully saturated rings. The molecule has 0 bridgehead atoms. The van der Waals surface area contributed by atoms with E-state index in [0.717, 1.165) is 18.0 Å². The van der Waals surface area contributed by atoms with Crippen molar-refractivity contribution in [2.45, 2.75) is 19.3 Å². The summed E-state index contributed by atoms with van der Waals surface area (Å²) in [6.45, 7) is 3.47. The number of nitrogens with one attached hydrogen (secondary N) is 1. The zero-order valence-corrected chi connectivity index (χ0v) is 11.6. The highest BCUT2D eigenvalue weighted by molar-refractivity contribution is 5.90. The van der Waals surface area contributed by atoms with Gasteiger partial charge in [-0.25, -0.2) is 0 Å². The minimum atomic E-state index is 0.877. The van der Waals surface area contributed by atoms with Gasteiger partial charge in [0.15, 0.2) is 0 Å². The van der Waals surface area contributed by atoms with Crippen molar-refractivity contribution in [2.24, 2.45) is 5.92 Å². The van der Waals surface area contributed by atoms with E-state index in [1.54, 1.807) is 0 Å². The Morgan fingerprint density at radius 1 is 1.26 bits per heavy atom. The fourth-order valence-electron chi connectivity index (χ4n) is 2.93. The molecule has 102 valence electrons. The summed E-state index contributed by atoms with van der Waals surface area (Å²) in [5, 5.41) is 4.64. The van der Waals surface area contributed by atoms with Gasteiger partial charge in [0.1, 0.15) is 11.8 Å². The molecule has 2 aromatic rings. The maximum atomic E-state index is 5.61. The van der Waals surface area contributed by atoms with Crippen LogP contribution in [0.5, 0.6) is 0 Å². The number of piperidine rings is 1. The molecule has 3 nitrogen and oxygen atoms in total. The van der Waals surface area contributed by atoms with E-state index in [-0.39, 0.29) is 0 Å². The average Bonchev–Trinajstić information content (AvgIpc) is 2.90. The highest BCUT2D eigenvalue weighted by atomic mass is 16.3. The molecule has 0 unspecified atom stereocenters. The summed E-state index contributed by atoms with van der Waals surface area (Å²) in [6.07, 6.45) is 5.80.